The fourth-order valence-corrected chi connectivity index (χ4v) is 4.29. The van der Waals surface area contributed by atoms with E-state index in [0.29, 0.717) is 22.2 Å². The van der Waals surface area contributed by atoms with Gasteiger partial charge in [0.2, 0.25) is 15.9 Å². The van der Waals surface area contributed by atoms with Crippen molar-refractivity contribution in [2.45, 2.75) is 18.4 Å². The van der Waals surface area contributed by atoms with E-state index in [-0.39, 0.29) is 17.3 Å². The van der Waals surface area contributed by atoms with E-state index in [0.717, 1.165) is 10.8 Å². The van der Waals surface area contributed by atoms with Crippen LogP contribution in [0.5, 0.6) is 0 Å². The standard InChI is InChI=1S/C22H18N2O5S/c1-14(25)24-17-7-9-18(10-8-17)30(27,28)23-13-16-12-21(26)29-22-19-5-3-2-4-15(19)6-11-20(16)22/h2-12,23H,13H2,1H3,(H,24,25). The Morgan fingerprint density at radius 2 is 1.70 bits per heavy atom. The Kier molecular flexibility index (Phi) is 5.11. The topological polar surface area (TPSA) is 105 Å². The summed E-state index contributed by atoms with van der Waals surface area (Å²) < 4.78 is 33.3. The van der Waals surface area contributed by atoms with E-state index < -0.39 is 15.6 Å². The van der Waals surface area contributed by atoms with Gasteiger partial charge in [-0.05, 0) is 35.2 Å². The maximum Gasteiger partial charge on any atom is 0.336 e. The van der Waals surface area contributed by atoms with Crippen molar-refractivity contribution in [1.29, 1.82) is 0 Å². The summed E-state index contributed by atoms with van der Waals surface area (Å²) in [4.78, 5) is 23.2. The molecule has 152 valence electrons. The van der Waals surface area contributed by atoms with Crippen molar-refractivity contribution in [2.24, 2.45) is 0 Å². The van der Waals surface area contributed by atoms with Crippen LogP contribution in [0.4, 0.5) is 5.69 Å². The van der Waals surface area contributed by atoms with Gasteiger partial charge >= 0.3 is 5.63 Å². The summed E-state index contributed by atoms with van der Waals surface area (Å²) in [5.41, 5.74) is 0.896. The summed E-state index contributed by atoms with van der Waals surface area (Å²) in [7, 11) is -3.82. The molecule has 8 heteroatoms. The lowest BCUT2D eigenvalue weighted by atomic mass is 10.0. The Labute approximate surface area is 172 Å². The van der Waals surface area contributed by atoms with Gasteiger partial charge in [-0.15, -0.1) is 0 Å². The van der Waals surface area contributed by atoms with Gasteiger partial charge in [0.05, 0.1) is 4.90 Å². The smallest absolute Gasteiger partial charge is 0.336 e. The first-order chi connectivity index (χ1) is 14.3. The average molecular weight is 422 g/mol. The van der Waals surface area contributed by atoms with E-state index in [1.165, 1.54) is 37.3 Å². The summed E-state index contributed by atoms with van der Waals surface area (Å²) in [6.07, 6.45) is 0. The van der Waals surface area contributed by atoms with Crippen molar-refractivity contribution >= 4 is 43.4 Å². The molecule has 2 N–H and O–H groups in total. The first-order valence-corrected chi connectivity index (χ1v) is 10.6. The highest BCUT2D eigenvalue weighted by Crippen LogP contribution is 2.26. The lowest BCUT2D eigenvalue weighted by Gasteiger charge is -2.10. The molecule has 0 aliphatic heterocycles. The van der Waals surface area contributed by atoms with Gasteiger partial charge in [-0.1, -0.05) is 36.4 Å². The van der Waals surface area contributed by atoms with Gasteiger partial charge in [0.15, 0.2) is 0 Å². The third-order valence-corrected chi connectivity index (χ3v) is 6.08. The molecule has 0 aliphatic carbocycles. The minimum atomic E-state index is -3.82. The highest BCUT2D eigenvalue weighted by molar-refractivity contribution is 7.89. The van der Waals surface area contributed by atoms with E-state index in [2.05, 4.69) is 10.0 Å². The maximum absolute atomic E-state index is 12.7. The Balaban J connectivity index is 1.65. The zero-order valence-corrected chi connectivity index (χ0v) is 16.8. The Morgan fingerprint density at radius 1 is 0.967 bits per heavy atom. The van der Waals surface area contributed by atoms with E-state index in [1.54, 1.807) is 0 Å². The predicted octanol–water partition coefficient (Wildman–Crippen LogP) is 3.38. The predicted molar refractivity (Wildman–Crippen MR) is 115 cm³/mol. The number of hydrogen-bond donors (Lipinski definition) is 2. The minimum Gasteiger partial charge on any atom is -0.422 e. The van der Waals surface area contributed by atoms with Crippen LogP contribution in [0.3, 0.4) is 0 Å². The number of anilines is 1. The number of rotatable bonds is 5. The fraction of sp³-hybridized carbons (Fsp3) is 0.0909. The summed E-state index contributed by atoms with van der Waals surface area (Å²) >= 11 is 0. The van der Waals surface area contributed by atoms with Crippen LogP contribution in [-0.4, -0.2) is 14.3 Å². The molecule has 0 saturated carbocycles. The van der Waals surface area contributed by atoms with Gasteiger partial charge in [0.25, 0.3) is 0 Å². The van der Waals surface area contributed by atoms with Crippen LogP contribution >= 0.6 is 0 Å². The molecule has 0 unspecified atom stereocenters. The second-order valence-corrected chi connectivity index (χ2v) is 8.55. The molecule has 0 atom stereocenters. The fourth-order valence-electron chi connectivity index (χ4n) is 3.28. The number of carbonyl (C=O) groups is 1. The number of hydrogen-bond acceptors (Lipinski definition) is 5. The van der Waals surface area contributed by atoms with Crippen molar-refractivity contribution in [3.05, 3.63) is 82.7 Å². The number of carbonyl (C=O) groups excluding carboxylic acids is 1. The quantitative estimate of drug-likeness (QED) is 0.379. The van der Waals surface area contributed by atoms with E-state index in [9.17, 15) is 18.0 Å². The second-order valence-electron chi connectivity index (χ2n) is 6.78. The molecule has 0 bridgehead atoms. The Hall–Kier alpha value is -3.49. The van der Waals surface area contributed by atoms with Crippen LogP contribution in [0.1, 0.15) is 12.5 Å². The number of amides is 1. The van der Waals surface area contributed by atoms with Gasteiger partial charge in [-0.3, -0.25) is 4.79 Å². The molecular weight excluding hydrogens is 404 g/mol. The molecule has 4 aromatic rings. The van der Waals surface area contributed by atoms with Crippen LogP contribution in [0, 0.1) is 0 Å². The van der Waals surface area contributed by atoms with Crippen LogP contribution in [0.15, 0.2) is 80.8 Å². The number of fused-ring (bicyclic) bond motifs is 3. The van der Waals surface area contributed by atoms with E-state index in [4.69, 9.17) is 4.42 Å². The van der Waals surface area contributed by atoms with Gasteiger partial charge in [-0.25, -0.2) is 17.9 Å². The first-order valence-electron chi connectivity index (χ1n) is 9.15. The molecule has 1 aromatic heterocycles. The highest BCUT2D eigenvalue weighted by Gasteiger charge is 2.16. The lowest BCUT2D eigenvalue weighted by Crippen LogP contribution is -2.24. The molecule has 0 fully saturated rings. The molecule has 3 aromatic carbocycles. The van der Waals surface area contributed by atoms with Crippen molar-refractivity contribution in [2.75, 3.05) is 5.32 Å². The minimum absolute atomic E-state index is 0.0503. The highest BCUT2D eigenvalue weighted by atomic mass is 32.2. The molecule has 1 amide bonds. The van der Waals surface area contributed by atoms with Crippen molar-refractivity contribution in [3.8, 4) is 0 Å². The zero-order chi connectivity index (χ0) is 21.3. The van der Waals surface area contributed by atoms with Crippen LogP contribution < -0.4 is 15.7 Å². The van der Waals surface area contributed by atoms with Gasteiger partial charge < -0.3 is 9.73 Å². The average Bonchev–Trinajstić information content (AvgIpc) is 2.72. The summed E-state index contributed by atoms with van der Waals surface area (Å²) in [6, 6.07) is 18.3. The largest absolute Gasteiger partial charge is 0.422 e. The molecule has 30 heavy (non-hydrogen) atoms. The Morgan fingerprint density at radius 3 is 2.43 bits per heavy atom. The van der Waals surface area contributed by atoms with Gasteiger partial charge in [-0.2, -0.15) is 0 Å². The van der Waals surface area contributed by atoms with Crippen molar-refractivity contribution < 1.29 is 17.6 Å². The van der Waals surface area contributed by atoms with E-state index >= 15 is 0 Å². The summed E-state index contributed by atoms with van der Waals surface area (Å²) in [6.45, 7) is 1.30. The van der Waals surface area contributed by atoms with Crippen LogP contribution in [0.2, 0.25) is 0 Å². The van der Waals surface area contributed by atoms with Crippen molar-refractivity contribution in [3.63, 3.8) is 0 Å². The SMILES string of the molecule is CC(=O)Nc1ccc(S(=O)(=O)NCc2cc(=O)oc3c2ccc2ccccc23)cc1. The molecule has 0 aliphatic rings. The molecular formula is C22H18N2O5S. The summed E-state index contributed by atoms with van der Waals surface area (Å²) in [5, 5.41) is 4.95. The Bertz CT molecular complexity index is 1420. The molecule has 7 nitrogen and oxygen atoms in total. The molecule has 0 radical (unpaired) electrons. The van der Waals surface area contributed by atoms with Crippen LogP contribution in [-0.2, 0) is 21.4 Å². The third kappa shape index (κ3) is 3.96. The number of sulfonamides is 1. The summed E-state index contributed by atoms with van der Waals surface area (Å²) in [5.74, 6) is -0.244. The maximum atomic E-state index is 12.7. The molecule has 0 saturated heterocycles. The normalized spacial score (nSPS) is 11.6. The third-order valence-electron chi connectivity index (χ3n) is 4.66. The monoisotopic (exact) mass is 422 g/mol. The molecule has 4 rings (SSSR count). The second kappa shape index (κ2) is 7.74. The van der Waals surface area contributed by atoms with Crippen molar-refractivity contribution in [1.82, 2.24) is 4.72 Å². The molecule has 1 heterocycles. The number of nitrogens with one attached hydrogen (secondary N) is 2. The van der Waals surface area contributed by atoms with Gasteiger partial charge in [0, 0.05) is 36.0 Å². The zero-order valence-electron chi connectivity index (χ0n) is 16.0. The van der Waals surface area contributed by atoms with Crippen LogP contribution in [0.25, 0.3) is 21.7 Å². The molecule has 0 spiro atoms. The van der Waals surface area contributed by atoms with Gasteiger partial charge in [0.1, 0.15) is 5.58 Å². The first kappa shape index (κ1) is 19.8. The lowest BCUT2D eigenvalue weighted by molar-refractivity contribution is -0.114. The number of benzene rings is 3. The van der Waals surface area contributed by atoms with E-state index in [1.807, 2.05) is 36.4 Å².